The summed E-state index contributed by atoms with van der Waals surface area (Å²) in [7, 11) is 1.59. The smallest absolute Gasteiger partial charge is 0.225 e. The summed E-state index contributed by atoms with van der Waals surface area (Å²) in [4.78, 5) is 23.1. The molecule has 3 heterocycles. The van der Waals surface area contributed by atoms with Gasteiger partial charge in [0.1, 0.15) is 12.1 Å². The molecule has 3 atom stereocenters. The number of hydrogen-bond acceptors (Lipinski definition) is 6. The van der Waals surface area contributed by atoms with E-state index in [0.717, 1.165) is 38.1 Å². The first-order valence-corrected chi connectivity index (χ1v) is 8.29. The molecule has 0 aromatic carbocycles. The van der Waals surface area contributed by atoms with E-state index in [0.29, 0.717) is 18.5 Å². The van der Waals surface area contributed by atoms with Crippen LogP contribution in [0.25, 0.3) is 0 Å². The van der Waals surface area contributed by atoms with Crippen molar-refractivity contribution in [2.24, 2.45) is 5.92 Å². The lowest BCUT2D eigenvalue weighted by Gasteiger charge is -2.41. The van der Waals surface area contributed by atoms with Crippen LogP contribution in [0.4, 0.5) is 5.82 Å². The quantitative estimate of drug-likeness (QED) is 0.883. The molecule has 23 heavy (non-hydrogen) atoms. The monoisotopic (exact) mass is 318 g/mol. The van der Waals surface area contributed by atoms with E-state index in [1.54, 1.807) is 7.11 Å². The van der Waals surface area contributed by atoms with Gasteiger partial charge in [0.2, 0.25) is 11.8 Å². The molecule has 3 aliphatic rings. The highest BCUT2D eigenvalue weighted by Crippen LogP contribution is 2.35. The number of nitrogens with zero attached hydrogens (tertiary/aromatic N) is 3. The minimum absolute atomic E-state index is 0.0593. The lowest BCUT2D eigenvalue weighted by Crippen LogP contribution is -2.53. The topological polar surface area (TPSA) is 76.6 Å². The molecule has 7 nitrogen and oxygen atoms in total. The zero-order chi connectivity index (χ0) is 15.8. The maximum atomic E-state index is 12.5. The molecule has 1 saturated carbocycles. The Balaban J connectivity index is 1.56. The molecule has 2 aliphatic heterocycles. The maximum Gasteiger partial charge on any atom is 0.225 e. The van der Waals surface area contributed by atoms with Gasteiger partial charge in [-0.25, -0.2) is 9.97 Å². The lowest BCUT2D eigenvalue weighted by atomic mass is 9.89. The number of hydrogen-bond donors (Lipinski definition) is 1. The minimum Gasteiger partial charge on any atom is -0.481 e. The summed E-state index contributed by atoms with van der Waals surface area (Å²) >= 11 is 0. The molecule has 2 saturated heterocycles. The van der Waals surface area contributed by atoms with E-state index in [9.17, 15) is 4.79 Å². The summed E-state index contributed by atoms with van der Waals surface area (Å²) < 4.78 is 11.1. The molecule has 1 aliphatic carbocycles. The highest BCUT2D eigenvalue weighted by Gasteiger charge is 2.43. The van der Waals surface area contributed by atoms with Crippen molar-refractivity contribution < 1.29 is 14.3 Å². The second-order valence-electron chi connectivity index (χ2n) is 6.55. The van der Waals surface area contributed by atoms with Gasteiger partial charge < -0.3 is 19.7 Å². The third-order valence-corrected chi connectivity index (χ3v) is 4.93. The van der Waals surface area contributed by atoms with E-state index in [1.165, 1.54) is 6.33 Å². The maximum absolute atomic E-state index is 12.5. The van der Waals surface area contributed by atoms with Crippen LogP contribution in [-0.4, -0.2) is 54.3 Å². The molecular weight excluding hydrogens is 296 g/mol. The zero-order valence-electron chi connectivity index (χ0n) is 13.3. The number of methoxy groups -OCH3 is 1. The van der Waals surface area contributed by atoms with Crippen molar-refractivity contribution in [2.45, 2.75) is 43.9 Å². The third kappa shape index (κ3) is 2.97. The average molecular weight is 318 g/mol. The highest BCUT2D eigenvalue weighted by molar-refractivity contribution is 5.80. The predicted octanol–water partition coefficient (Wildman–Crippen LogP) is 0.748. The number of anilines is 1. The zero-order valence-corrected chi connectivity index (χ0v) is 13.3. The van der Waals surface area contributed by atoms with Gasteiger partial charge in [0.25, 0.3) is 0 Å². The summed E-state index contributed by atoms with van der Waals surface area (Å²) in [6.45, 7) is 1.41. The van der Waals surface area contributed by atoms with Crippen LogP contribution in [-0.2, 0) is 9.53 Å². The second-order valence-corrected chi connectivity index (χ2v) is 6.55. The third-order valence-electron chi connectivity index (χ3n) is 4.93. The molecule has 1 aromatic rings. The van der Waals surface area contributed by atoms with Gasteiger partial charge in [0.05, 0.1) is 25.2 Å². The van der Waals surface area contributed by atoms with Crippen molar-refractivity contribution in [3.05, 3.63) is 12.4 Å². The van der Waals surface area contributed by atoms with E-state index < -0.39 is 0 Å². The van der Waals surface area contributed by atoms with Gasteiger partial charge in [-0.2, -0.15) is 0 Å². The fourth-order valence-corrected chi connectivity index (χ4v) is 3.55. The van der Waals surface area contributed by atoms with Crippen LogP contribution >= 0.6 is 0 Å². The van der Waals surface area contributed by atoms with Crippen LogP contribution in [0.5, 0.6) is 5.88 Å². The van der Waals surface area contributed by atoms with E-state index >= 15 is 0 Å². The molecule has 4 rings (SSSR count). The van der Waals surface area contributed by atoms with Crippen LogP contribution in [0.15, 0.2) is 12.4 Å². The first-order chi connectivity index (χ1) is 11.2. The van der Waals surface area contributed by atoms with Gasteiger partial charge in [-0.05, 0) is 25.7 Å². The molecule has 0 spiro atoms. The largest absolute Gasteiger partial charge is 0.481 e. The van der Waals surface area contributed by atoms with Crippen LogP contribution in [0.1, 0.15) is 25.7 Å². The molecule has 124 valence electrons. The minimum atomic E-state index is -0.0593. The predicted molar refractivity (Wildman–Crippen MR) is 83.3 cm³/mol. The molecule has 0 radical (unpaired) electrons. The normalized spacial score (nSPS) is 30.0. The van der Waals surface area contributed by atoms with Crippen LogP contribution in [0.2, 0.25) is 0 Å². The van der Waals surface area contributed by atoms with Crippen molar-refractivity contribution in [1.82, 2.24) is 15.3 Å². The standard InChI is InChI=1S/C16H22N4O3/c1-22-15-7-14(17-9-18-15)20-8-10(16(21)19-11-2-3-11)6-13-12(20)4-5-23-13/h7,9-13H,2-6,8H2,1H3,(H,19,21)/t10-,12+,13+/m0/s1. The first-order valence-electron chi connectivity index (χ1n) is 8.29. The van der Waals surface area contributed by atoms with Crippen LogP contribution in [0, 0.1) is 5.92 Å². The Labute approximate surface area is 135 Å². The van der Waals surface area contributed by atoms with Crippen molar-refractivity contribution in [3.8, 4) is 5.88 Å². The molecule has 1 aromatic heterocycles. The Morgan fingerprint density at radius 1 is 1.39 bits per heavy atom. The number of amides is 1. The van der Waals surface area contributed by atoms with Crippen molar-refractivity contribution in [2.75, 3.05) is 25.2 Å². The fourth-order valence-electron chi connectivity index (χ4n) is 3.55. The fraction of sp³-hybridized carbons (Fsp3) is 0.688. The number of carbonyl (C=O) groups is 1. The van der Waals surface area contributed by atoms with Crippen molar-refractivity contribution in [3.63, 3.8) is 0 Å². The number of carbonyl (C=O) groups excluding carboxylic acids is 1. The highest BCUT2D eigenvalue weighted by atomic mass is 16.5. The Kier molecular flexibility index (Phi) is 3.80. The number of aromatic nitrogens is 2. The van der Waals surface area contributed by atoms with Gasteiger partial charge in [0.15, 0.2) is 0 Å². The van der Waals surface area contributed by atoms with Crippen LogP contribution < -0.4 is 15.0 Å². The van der Waals surface area contributed by atoms with E-state index in [4.69, 9.17) is 9.47 Å². The number of rotatable bonds is 4. The summed E-state index contributed by atoms with van der Waals surface area (Å²) in [5, 5.41) is 3.12. The summed E-state index contributed by atoms with van der Waals surface area (Å²) in [6, 6.07) is 2.49. The number of fused-ring (bicyclic) bond motifs is 1. The van der Waals surface area contributed by atoms with Gasteiger partial charge in [-0.15, -0.1) is 0 Å². The van der Waals surface area contributed by atoms with Crippen LogP contribution in [0.3, 0.4) is 0 Å². The van der Waals surface area contributed by atoms with Gasteiger partial charge in [0, 0.05) is 25.3 Å². The average Bonchev–Trinajstić information content (AvgIpc) is 3.27. The Morgan fingerprint density at radius 3 is 3.04 bits per heavy atom. The molecule has 7 heteroatoms. The molecule has 0 unspecified atom stereocenters. The van der Waals surface area contributed by atoms with Gasteiger partial charge >= 0.3 is 0 Å². The van der Waals surface area contributed by atoms with Gasteiger partial charge in [-0.3, -0.25) is 4.79 Å². The lowest BCUT2D eigenvalue weighted by molar-refractivity contribution is -0.126. The summed E-state index contributed by atoms with van der Waals surface area (Å²) in [5.74, 6) is 1.43. The van der Waals surface area contributed by atoms with E-state index in [-0.39, 0.29) is 24.0 Å². The van der Waals surface area contributed by atoms with E-state index in [1.807, 2.05) is 6.07 Å². The summed E-state index contributed by atoms with van der Waals surface area (Å²) in [6.07, 6.45) is 5.57. The van der Waals surface area contributed by atoms with Crippen molar-refractivity contribution in [1.29, 1.82) is 0 Å². The Morgan fingerprint density at radius 2 is 2.26 bits per heavy atom. The van der Waals surface area contributed by atoms with Crippen molar-refractivity contribution >= 4 is 11.7 Å². The molecule has 1 N–H and O–H groups in total. The second kappa shape index (κ2) is 5.96. The molecule has 0 bridgehead atoms. The van der Waals surface area contributed by atoms with E-state index in [2.05, 4.69) is 20.2 Å². The SMILES string of the molecule is COc1cc(N2C[C@@H](C(=O)NC3CC3)C[C@H]3OCC[C@H]32)ncn1. The Bertz CT molecular complexity index is 592. The number of piperidine rings is 1. The molecule has 3 fully saturated rings. The Hall–Kier alpha value is -1.89. The first kappa shape index (κ1) is 14.7. The number of nitrogens with one attached hydrogen (secondary N) is 1. The molecule has 1 amide bonds. The molecular formula is C16H22N4O3. The number of ether oxygens (including phenoxy) is 2. The van der Waals surface area contributed by atoms with Gasteiger partial charge in [-0.1, -0.05) is 0 Å². The summed E-state index contributed by atoms with van der Waals surface area (Å²) in [5.41, 5.74) is 0.